The van der Waals surface area contributed by atoms with Gasteiger partial charge in [0.1, 0.15) is 29.7 Å². The first-order valence-electron chi connectivity index (χ1n) is 10.8. The number of benzene rings is 2. The van der Waals surface area contributed by atoms with Gasteiger partial charge >= 0.3 is 5.97 Å². The Hall–Kier alpha value is -2.25. The molecule has 0 aromatic heterocycles. The fourth-order valence-corrected chi connectivity index (χ4v) is 4.37. The van der Waals surface area contributed by atoms with Crippen molar-refractivity contribution < 1.29 is 27.8 Å². The van der Waals surface area contributed by atoms with E-state index in [0.717, 1.165) is 24.5 Å². The van der Waals surface area contributed by atoms with Gasteiger partial charge in [0.15, 0.2) is 0 Å². The Morgan fingerprint density at radius 3 is 2.53 bits per heavy atom. The molecule has 2 fully saturated rings. The van der Waals surface area contributed by atoms with E-state index >= 15 is 4.39 Å². The molecule has 0 bridgehead atoms. The first-order valence-corrected chi connectivity index (χ1v) is 11.2. The first-order chi connectivity index (χ1) is 15.2. The van der Waals surface area contributed by atoms with Crippen LogP contribution in [-0.4, -0.2) is 47.9 Å². The third kappa shape index (κ3) is 5.38. The monoisotopic (exact) mass is 467 g/mol. The molecule has 4 nitrogen and oxygen atoms in total. The highest BCUT2D eigenvalue weighted by atomic mass is 35.5. The molecule has 1 N–H and O–H groups in total. The van der Waals surface area contributed by atoms with Crippen LogP contribution >= 0.6 is 11.6 Å². The first kappa shape index (κ1) is 22.9. The van der Waals surface area contributed by atoms with Crippen molar-refractivity contribution in [3.05, 3.63) is 63.7 Å². The summed E-state index contributed by atoms with van der Waals surface area (Å²) in [5, 5.41) is 9.55. The highest BCUT2D eigenvalue weighted by Crippen LogP contribution is 2.45. The Kier molecular flexibility index (Phi) is 6.67. The normalized spacial score (nSPS) is 18.5. The van der Waals surface area contributed by atoms with Crippen molar-refractivity contribution in [3.8, 4) is 5.75 Å². The molecule has 8 heteroatoms. The predicted octanol–water partition coefficient (Wildman–Crippen LogP) is 5.62. The number of hydrogen-bond donors (Lipinski definition) is 1. The molecule has 1 aliphatic heterocycles. The van der Waals surface area contributed by atoms with Gasteiger partial charge in [-0.2, -0.15) is 0 Å². The second kappa shape index (κ2) is 9.32. The number of rotatable bonds is 8. The van der Waals surface area contributed by atoms with E-state index in [9.17, 15) is 13.6 Å². The second-order valence-electron chi connectivity index (χ2n) is 8.72. The highest BCUT2D eigenvalue weighted by Gasteiger charge is 2.36. The van der Waals surface area contributed by atoms with Crippen molar-refractivity contribution in [2.75, 3.05) is 26.2 Å². The van der Waals surface area contributed by atoms with Gasteiger partial charge in [0.25, 0.3) is 0 Å². The van der Waals surface area contributed by atoms with Crippen LogP contribution in [0.15, 0.2) is 30.3 Å². The van der Waals surface area contributed by atoms with Gasteiger partial charge in [0, 0.05) is 30.7 Å². The summed E-state index contributed by atoms with van der Waals surface area (Å²) >= 11 is 6.08. The van der Waals surface area contributed by atoms with Gasteiger partial charge in [-0.15, -0.1) is 0 Å². The Morgan fingerprint density at radius 2 is 1.91 bits per heavy atom. The highest BCUT2D eigenvalue weighted by molar-refractivity contribution is 6.31. The molecule has 1 saturated carbocycles. The Balaban J connectivity index is 1.32. The lowest BCUT2D eigenvalue weighted by Crippen LogP contribution is -2.45. The van der Waals surface area contributed by atoms with Crippen LogP contribution in [0.2, 0.25) is 5.02 Å². The van der Waals surface area contributed by atoms with Gasteiger partial charge in [-0.1, -0.05) is 17.7 Å². The summed E-state index contributed by atoms with van der Waals surface area (Å²) < 4.78 is 48.4. The maximum atomic E-state index is 15.4. The Bertz CT molecular complexity index is 1000. The van der Waals surface area contributed by atoms with E-state index in [2.05, 4.69) is 4.90 Å². The Morgan fingerprint density at radius 1 is 1.19 bits per heavy atom. The van der Waals surface area contributed by atoms with Crippen molar-refractivity contribution in [1.82, 2.24) is 4.90 Å². The number of nitrogens with zero attached hydrogens (tertiary/aromatic N) is 1. The van der Waals surface area contributed by atoms with E-state index in [1.54, 1.807) is 6.07 Å². The Labute approximate surface area is 189 Å². The molecule has 1 aliphatic carbocycles. The number of halogens is 4. The quantitative estimate of drug-likeness (QED) is 0.547. The molecule has 0 unspecified atom stereocenters. The van der Waals surface area contributed by atoms with E-state index in [0.29, 0.717) is 36.6 Å². The third-order valence-corrected chi connectivity index (χ3v) is 6.65. The maximum absolute atomic E-state index is 15.4. The van der Waals surface area contributed by atoms with Gasteiger partial charge < -0.3 is 14.7 Å². The molecule has 32 heavy (non-hydrogen) atoms. The lowest BCUT2D eigenvalue weighted by molar-refractivity contribution is 0.0174. The zero-order chi connectivity index (χ0) is 22.9. The molecule has 1 heterocycles. The van der Waals surface area contributed by atoms with Crippen LogP contribution in [0.5, 0.6) is 5.75 Å². The number of piperidine rings is 1. The van der Waals surface area contributed by atoms with Crippen LogP contribution < -0.4 is 4.74 Å². The lowest BCUT2D eigenvalue weighted by Gasteiger charge is -2.36. The van der Waals surface area contributed by atoms with E-state index < -0.39 is 17.5 Å². The summed E-state index contributed by atoms with van der Waals surface area (Å²) in [6, 6.07) is 6.73. The summed E-state index contributed by atoms with van der Waals surface area (Å²) in [5.41, 5.74) is -0.426. The number of carbonyl (C=O) groups is 1. The van der Waals surface area contributed by atoms with Gasteiger partial charge in [0.05, 0.1) is 5.56 Å². The number of alkyl halides is 1. The topological polar surface area (TPSA) is 49.8 Å². The zero-order valence-electron chi connectivity index (χ0n) is 17.6. The summed E-state index contributed by atoms with van der Waals surface area (Å²) in [4.78, 5) is 13.4. The molecule has 0 amide bonds. The lowest BCUT2D eigenvalue weighted by atomic mass is 9.94. The average molecular weight is 468 g/mol. The average Bonchev–Trinajstić information content (AvgIpc) is 3.58. The number of aromatic carboxylic acids is 1. The van der Waals surface area contributed by atoms with Crippen molar-refractivity contribution >= 4 is 17.6 Å². The van der Waals surface area contributed by atoms with Crippen LogP contribution in [0.25, 0.3) is 0 Å². The summed E-state index contributed by atoms with van der Waals surface area (Å²) in [5.74, 6) is -2.20. The van der Waals surface area contributed by atoms with Crippen LogP contribution in [-0.2, 0) is 6.42 Å². The number of ether oxygens (including phenoxy) is 1. The van der Waals surface area contributed by atoms with E-state index in [-0.39, 0.29) is 42.5 Å². The SMILES string of the molecule is O=C(O)c1cc(C2CC2)c(OCC2(F)CCN(CCc3ccc(F)cc3Cl)CC2)cc1F. The van der Waals surface area contributed by atoms with Crippen molar-refractivity contribution in [2.24, 2.45) is 0 Å². The van der Waals surface area contributed by atoms with E-state index in [4.69, 9.17) is 21.4 Å². The summed E-state index contributed by atoms with van der Waals surface area (Å²) in [6.45, 7) is 1.58. The van der Waals surface area contributed by atoms with Crippen molar-refractivity contribution in [3.63, 3.8) is 0 Å². The van der Waals surface area contributed by atoms with Crippen molar-refractivity contribution in [1.29, 1.82) is 0 Å². The molecule has 2 aromatic carbocycles. The van der Waals surface area contributed by atoms with Crippen LogP contribution in [0.4, 0.5) is 13.2 Å². The number of likely N-dealkylation sites (tertiary alicyclic amines) is 1. The molecule has 2 aliphatic rings. The molecular weight excluding hydrogens is 443 g/mol. The molecule has 1 saturated heterocycles. The minimum absolute atomic E-state index is 0.138. The van der Waals surface area contributed by atoms with Gasteiger partial charge in [0.2, 0.25) is 0 Å². The van der Waals surface area contributed by atoms with Gasteiger partial charge in [-0.05, 0) is 67.3 Å². The van der Waals surface area contributed by atoms with Crippen LogP contribution in [0.3, 0.4) is 0 Å². The molecule has 0 radical (unpaired) electrons. The van der Waals surface area contributed by atoms with E-state index in [1.165, 1.54) is 18.2 Å². The molecular formula is C24H25ClF3NO3. The number of carboxylic acid groups (broad SMARTS) is 1. The largest absolute Gasteiger partial charge is 0.490 e. The molecule has 0 spiro atoms. The minimum atomic E-state index is -1.53. The minimum Gasteiger partial charge on any atom is -0.490 e. The fraction of sp³-hybridized carbons (Fsp3) is 0.458. The van der Waals surface area contributed by atoms with E-state index in [1.807, 2.05) is 0 Å². The number of hydrogen-bond acceptors (Lipinski definition) is 3. The number of carboxylic acids is 1. The fourth-order valence-electron chi connectivity index (χ4n) is 4.11. The standard InChI is InChI=1S/C24H25ClF3NO3/c25-20-11-17(26)4-3-16(20)5-8-29-9-6-24(28,7-10-29)14-32-22-13-21(27)19(23(30)31)12-18(22)15-1-2-15/h3-4,11-13,15H,1-2,5-10,14H2,(H,30,31). The molecule has 2 aromatic rings. The maximum Gasteiger partial charge on any atom is 0.338 e. The summed E-state index contributed by atoms with van der Waals surface area (Å²) in [7, 11) is 0. The molecule has 172 valence electrons. The third-order valence-electron chi connectivity index (χ3n) is 6.30. The smallest absolute Gasteiger partial charge is 0.338 e. The van der Waals surface area contributed by atoms with Gasteiger partial charge in [-0.25, -0.2) is 18.0 Å². The predicted molar refractivity (Wildman–Crippen MR) is 115 cm³/mol. The molecule has 4 rings (SSSR count). The summed E-state index contributed by atoms with van der Waals surface area (Å²) in [6.07, 6.45) is 2.97. The van der Waals surface area contributed by atoms with Crippen molar-refractivity contribution in [2.45, 2.75) is 43.7 Å². The van der Waals surface area contributed by atoms with Crippen LogP contribution in [0, 0.1) is 11.6 Å². The zero-order valence-corrected chi connectivity index (χ0v) is 18.3. The second-order valence-corrected chi connectivity index (χ2v) is 9.12. The van der Waals surface area contributed by atoms with Gasteiger partial charge in [-0.3, -0.25) is 0 Å². The molecule has 0 atom stereocenters. The van der Waals surface area contributed by atoms with Crippen LogP contribution in [0.1, 0.15) is 53.1 Å².